The van der Waals surface area contributed by atoms with Crippen molar-refractivity contribution in [3.05, 3.63) is 82.7 Å². The molecular formula is C27H31N5O2. The number of anilines is 1. The van der Waals surface area contributed by atoms with E-state index in [9.17, 15) is 9.59 Å². The van der Waals surface area contributed by atoms with Gasteiger partial charge in [0.05, 0.1) is 6.54 Å². The molecule has 5 rings (SSSR count). The third-order valence-electron chi connectivity index (χ3n) is 6.99. The van der Waals surface area contributed by atoms with E-state index in [4.69, 9.17) is 5.10 Å². The number of amides is 2. The summed E-state index contributed by atoms with van der Waals surface area (Å²) in [5, 5.41) is 4.72. The highest BCUT2D eigenvalue weighted by atomic mass is 16.2. The lowest BCUT2D eigenvalue weighted by molar-refractivity contribution is 0.0709. The van der Waals surface area contributed by atoms with Crippen LogP contribution in [-0.4, -0.2) is 64.1 Å². The van der Waals surface area contributed by atoms with Gasteiger partial charge in [-0.05, 0) is 37.6 Å². The van der Waals surface area contributed by atoms with Crippen LogP contribution < -0.4 is 4.90 Å². The zero-order valence-electron chi connectivity index (χ0n) is 19.9. The lowest BCUT2D eigenvalue weighted by Crippen LogP contribution is -2.49. The van der Waals surface area contributed by atoms with Crippen molar-refractivity contribution in [3.63, 3.8) is 0 Å². The molecule has 0 saturated carbocycles. The number of hydrogen-bond acceptors (Lipinski definition) is 4. The van der Waals surface area contributed by atoms with Crippen molar-refractivity contribution in [1.29, 1.82) is 0 Å². The Morgan fingerprint density at radius 3 is 2.26 bits per heavy atom. The summed E-state index contributed by atoms with van der Waals surface area (Å²) >= 11 is 0. The summed E-state index contributed by atoms with van der Waals surface area (Å²) in [5.41, 5.74) is 5.38. The van der Waals surface area contributed by atoms with Gasteiger partial charge < -0.3 is 14.7 Å². The first-order chi connectivity index (χ1) is 16.6. The zero-order valence-corrected chi connectivity index (χ0v) is 19.9. The first-order valence-electron chi connectivity index (χ1n) is 12.1. The van der Waals surface area contributed by atoms with Gasteiger partial charge in [0, 0.05) is 68.2 Å². The number of carbonyl (C=O) groups excluding carboxylic acids is 2. The molecule has 0 radical (unpaired) electrons. The molecule has 0 aliphatic carbocycles. The number of piperazine rings is 1. The Kier molecular flexibility index (Phi) is 6.09. The summed E-state index contributed by atoms with van der Waals surface area (Å²) < 4.78 is 1.94. The second-order valence-electron chi connectivity index (χ2n) is 9.00. The van der Waals surface area contributed by atoms with Crippen LogP contribution in [0.25, 0.3) is 0 Å². The molecule has 7 heteroatoms. The highest BCUT2D eigenvalue weighted by Crippen LogP contribution is 2.26. The molecule has 2 amide bonds. The normalized spacial score (nSPS) is 15.9. The summed E-state index contributed by atoms with van der Waals surface area (Å²) in [6, 6.07) is 18.0. The Labute approximate surface area is 200 Å². The molecule has 0 atom stereocenters. The van der Waals surface area contributed by atoms with Gasteiger partial charge >= 0.3 is 0 Å². The van der Waals surface area contributed by atoms with Gasteiger partial charge in [0.2, 0.25) is 0 Å². The highest BCUT2D eigenvalue weighted by Gasteiger charge is 2.33. The molecule has 176 valence electrons. The Morgan fingerprint density at radius 1 is 0.853 bits per heavy atom. The van der Waals surface area contributed by atoms with Crippen LogP contribution in [0.4, 0.5) is 5.69 Å². The van der Waals surface area contributed by atoms with Crippen LogP contribution in [0.2, 0.25) is 0 Å². The van der Waals surface area contributed by atoms with Crippen molar-refractivity contribution in [2.45, 2.75) is 33.4 Å². The van der Waals surface area contributed by atoms with Crippen LogP contribution in [-0.2, 0) is 19.5 Å². The van der Waals surface area contributed by atoms with Gasteiger partial charge in [0.15, 0.2) is 5.69 Å². The summed E-state index contributed by atoms with van der Waals surface area (Å²) in [7, 11) is 0. The molecule has 3 heterocycles. The van der Waals surface area contributed by atoms with Crippen LogP contribution in [0.15, 0.2) is 54.6 Å². The molecule has 0 unspecified atom stereocenters. The quantitative estimate of drug-likeness (QED) is 0.603. The fourth-order valence-corrected chi connectivity index (χ4v) is 5.04. The standard InChI is InChI=1S/C27H31N5O2/c1-3-32-24-13-14-31(26(33)22-12-8-7-9-20(22)2)19-23(24)25(28-32)27(34)30-17-15-29(16-18-30)21-10-5-4-6-11-21/h4-12H,3,13-19H2,1-2H3. The first-order valence-corrected chi connectivity index (χ1v) is 12.1. The maximum absolute atomic E-state index is 13.6. The zero-order chi connectivity index (χ0) is 23.7. The Morgan fingerprint density at radius 2 is 1.56 bits per heavy atom. The number of benzene rings is 2. The molecule has 0 N–H and O–H groups in total. The van der Waals surface area contributed by atoms with Gasteiger partial charge in [-0.3, -0.25) is 14.3 Å². The van der Waals surface area contributed by atoms with Gasteiger partial charge in [-0.15, -0.1) is 0 Å². The minimum atomic E-state index is -0.0265. The number of nitrogens with zero attached hydrogens (tertiary/aromatic N) is 5. The third-order valence-corrected chi connectivity index (χ3v) is 6.99. The van der Waals surface area contributed by atoms with Crippen molar-refractivity contribution in [2.75, 3.05) is 37.6 Å². The van der Waals surface area contributed by atoms with Crippen molar-refractivity contribution < 1.29 is 9.59 Å². The molecule has 1 saturated heterocycles. The number of rotatable bonds is 4. The smallest absolute Gasteiger partial charge is 0.274 e. The molecule has 2 aliphatic heterocycles. The van der Waals surface area contributed by atoms with Crippen molar-refractivity contribution in [2.24, 2.45) is 0 Å². The summed E-state index contributed by atoms with van der Waals surface area (Å²) in [6.07, 6.45) is 0.711. The SMILES string of the molecule is CCn1nc(C(=O)N2CCN(c3ccccc3)CC2)c2c1CCN(C(=O)c1ccccc1C)C2. The Hall–Kier alpha value is -3.61. The van der Waals surface area contributed by atoms with Crippen molar-refractivity contribution in [1.82, 2.24) is 19.6 Å². The average Bonchev–Trinajstić information content (AvgIpc) is 3.27. The monoisotopic (exact) mass is 457 g/mol. The fourth-order valence-electron chi connectivity index (χ4n) is 5.04. The molecule has 3 aromatic rings. The second-order valence-corrected chi connectivity index (χ2v) is 9.00. The van der Waals surface area contributed by atoms with Crippen molar-refractivity contribution >= 4 is 17.5 Å². The predicted molar refractivity (Wildman–Crippen MR) is 132 cm³/mol. The van der Waals surface area contributed by atoms with E-state index < -0.39 is 0 Å². The van der Waals surface area contributed by atoms with E-state index in [1.54, 1.807) is 0 Å². The lowest BCUT2D eigenvalue weighted by atomic mass is 10.0. The van der Waals surface area contributed by atoms with Gasteiger partial charge in [0.1, 0.15) is 0 Å². The molecule has 1 fully saturated rings. The van der Waals surface area contributed by atoms with Crippen LogP contribution in [0.1, 0.15) is 44.6 Å². The molecule has 7 nitrogen and oxygen atoms in total. The first kappa shape index (κ1) is 22.2. The Balaban J connectivity index is 1.35. The van der Waals surface area contributed by atoms with E-state index in [-0.39, 0.29) is 11.8 Å². The molecule has 2 aromatic carbocycles. The second kappa shape index (κ2) is 9.33. The van der Waals surface area contributed by atoms with E-state index in [2.05, 4.69) is 17.0 Å². The van der Waals surface area contributed by atoms with Crippen LogP contribution in [0.3, 0.4) is 0 Å². The van der Waals surface area contributed by atoms with Crippen LogP contribution >= 0.6 is 0 Å². The molecule has 0 spiro atoms. The Bertz CT molecular complexity index is 1190. The van der Waals surface area contributed by atoms with Crippen molar-refractivity contribution in [3.8, 4) is 0 Å². The molecule has 2 aliphatic rings. The number of aryl methyl sites for hydroxylation is 2. The van der Waals surface area contributed by atoms with Crippen LogP contribution in [0.5, 0.6) is 0 Å². The van der Waals surface area contributed by atoms with E-state index in [1.165, 1.54) is 5.69 Å². The van der Waals surface area contributed by atoms with E-state index in [0.29, 0.717) is 44.8 Å². The summed E-state index contributed by atoms with van der Waals surface area (Å²) in [5.74, 6) is -0.00998. The number of fused-ring (bicyclic) bond motifs is 1. The van der Waals surface area contributed by atoms with Gasteiger partial charge in [-0.2, -0.15) is 5.10 Å². The third kappa shape index (κ3) is 4.06. The minimum absolute atomic E-state index is 0.0165. The molecule has 1 aromatic heterocycles. The van der Waals surface area contributed by atoms with E-state index in [0.717, 1.165) is 35.5 Å². The van der Waals surface area contributed by atoms with E-state index in [1.807, 2.05) is 70.8 Å². The van der Waals surface area contributed by atoms with Gasteiger partial charge in [-0.1, -0.05) is 36.4 Å². The summed E-state index contributed by atoms with van der Waals surface area (Å²) in [4.78, 5) is 32.9. The summed E-state index contributed by atoms with van der Waals surface area (Å²) in [6.45, 7) is 8.69. The number of aromatic nitrogens is 2. The predicted octanol–water partition coefficient (Wildman–Crippen LogP) is 3.37. The van der Waals surface area contributed by atoms with Gasteiger partial charge in [0.25, 0.3) is 11.8 Å². The minimum Gasteiger partial charge on any atom is -0.368 e. The fraction of sp³-hybridized carbons (Fsp3) is 0.370. The maximum atomic E-state index is 13.6. The average molecular weight is 458 g/mol. The highest BCUT2D eigenvalue weighted by molar-refractivity contribution is 5.97. The lowest BCUT2D eigenvalue weighted by Gasteiger charge is -2.36. The number of para-hydroxylation sites is 1. The van der Waals surface area contributed by atoms with E-state index >= 15 is 0 Å². The largest absolute Gasteiger partial charge is 0.368 e. The molecular weight excluding hydrogens is 426 g/mol. The maximum Gasteiger partial charge on any atom is 0.274 e. The molecule has 34 heavy (non-hydrogen) atoms. The molecule has 0 bridgehead atoms. The number of carbonyl (C=O) groups is 2. The van der Waals surface area contributed by atoms with Crippen LogP contribution in [0, 0.1) is 6.92 Å². The number of hydrogen-bond donors (Lipinski definition) is 0. The van der Waals surface area contributed by atoms with Gasteiger partial charge in [-0.25, -0.2) is 0 Å². The topological polar surface area (TPSA) is 61.7 Å².